The number of amides is 2. The van der Waals surface area contributed by atoms with E-state index in [9.17, 15) is 9.59 Å². The van der Waals surface area contributed by atoms with E-state index in [-0.39, 0.29) is 23.6 Å². The Bertz CT molecular complexity index is 1040. The lowest BCUT2D eigenvalue weighted by Gasteiger charge is -2.31. The van der Waals surface area contributed by atoms with E-state index in [1.165, 1.54) is 0 Å². The van der Waals surface area contributed by atoms with E-state index < -0.39 is 0 Å². The number of nitrogens with one attached hydrogen (secondary N) is 1. The minimum absolute atomic E-state index is 0.0521. The smallest absolute Gasteiger partial charge is 0.276 e. The van der Waals surface area contributed by atoms with E-state index in [2.05, 4.69) is 10.5 Å². The van der Waals surface area contributed by atoms with Gasteiger partial charge in [0.05, 0.1) is 0 Å². The third kappa shape index (κ3) is 5.52. The van der Waals surface area contributed by atoms with Gasteiger partial charge >= 0.3 is 0 Å². The maximum Gasteiger partial charge on any atom is 0.276 e. The molecule has 1 aliphatic rings. The standard InChI is InChI=1S/C24H24ClN3O3/c25-19-8-4-7-18(15-19)22-16-21(27-31-22)24(30)28-13-11-20(12-14-28)26-23(29)10-9-17-5-2-1-3-6-17/h1-8,15-16,20H,9-14H2,(H,26,29). The Balaban J connectivity index is 1.26. The van der Waals surface area contributed by atoms with E-state index in [0.29, 0.717) is 30.3 Å². The summed E-state index contributed by atoms with van der Waals surface area (Å²) in [4.78, 5) is 26.8. The largest absolute Gasteiger partial charge is 0.355 e. The molecule has 1 aromatic heterocycles. The van der Waals surface area contributed by atoms with Crippen molar-refractivity contribution in [2.45, 2.75) is 31.7 Å². The lowest BCUT2D eigenvalue weighted by atomic mass is 10.0. The van der Waals surface area contributed by atoms with Gasteiger partial charge in [0.15, 0.2) is 11.5 Å². The van der Waals surface area contributed by atoms with Crippen LogP contribution in [0.25, 0.3) is 11.3 Å². The van der Waals surface area contributed by atoms with Gasteiger partial charge in [0.2, 0.25) is 5.91 Å². The van der Waals surface area contributed by atoms with Crippen LogP contribution in [-0.2, 0) is 11.2 Å². The Hall–Kier alpha value is -3.12. The van der Waals surface area contributed by atoms with Crippen molar-refractivity contribution >= 4 is 23.4 Å². The number of hydrogen-bond acceptors (Lipinski definition) is 4. The van der Waals surface area contributed by atoms with Crippen LogP contribution >= 0.6 is 11.6 Å². The molecule has 1 N–H and O–H groups in total. The monoisotopic (exact) mass is 437 g/mol. The van der Waals surface area contributed by atoms with Crippen LogP contribution in [0.15, 0.2) is 65.2 Å². The molecule has 160 valence electrons. The normalized spacial score (nSPS) is 14.4. The second-order valence-corrected chi connectivity index (χ2v) is 8.14. The fraction of sp³-hybridized carbons (Fsp3) is 0.292. The Morgan fingerprint density at radius 2 is 1.84 bits per heavy atom. The zero-order valence-electron chi connectivity index (χ0n) is 17.1. The fourth-order valence-electron chi connectivity index (χ4n) is 3.75. The molecule has 3 aromatic rings. The number of rotatable bonds is 6. The molecule has 2 heterocycles. The minimum Gasteiger partial charge on any atom is -0.355 e. The van der Waals surface area contributed by atoms with E-state index in [0.717, 1.165) is 30.4 Å². The van der Waals surface area contributed by atoms with E-state index in [4.69, 9.17) is 16.1 Å². The molecule has 2 amide bonds. The summed E-state index contributed by atoms with van der Waals surface area (Å²) in [7, 11) is 0. The van der Waals surface area contributed by atoms with Crippen molar-refractivity contribution in [2.24, 2.45) is 0 Å². The Morgan fingerprint density at radius 1 is 1.06 bits per heavy atom. The second-order valence-electron chi connectivity index (χ2n) is 7.71. The molecular formula is C24H24ClN3O3. The maximum absolute atomic E-state index is 12.8. The zero-order valence-corrected chi connectivity index (χ0v) is 17.8. The minimum atomic E-state index is -0.161. The molecule has 4 rings (SSSR count). The molecule has 0 unspecified atom stereocenters. The van der Waals surface area contributed by atoms with Gasteiger partial charge in [-0.05, 0) is 37.0 Å². The van der Waals surface area contributed by atoms with Crippen molar-refractivity contribution in [1.29, 1.82) is 0 Å². The van der Waals surface area contributed by atoms with Gasteiger partial charge in [-0.15, -0.1) is 0 Å². The summed E-state index contributed by atoms with van der Waals surface area (Å²) in [6.07, 6.45) is 2.64. The molecule has 2 aromatic carbocycles. The van der Waals surface area contributed by atoms with Gasteiger partial charge in [0.1, 0.15) is 0 Å². The van der Waals surface area contributed by atoms with Crippen LogP contribution in [0, 0.1) is 0 Å². The molecule has 0 atom stereocenters. The van der Waals surface area contributed by atoms with Gasteiger partial charge in [-0.2, -0.15) is 0 Å². The molecule has 7 heteroatoms. The first-order chi connectivity index (χ1) is 15.1. The first-order valence-electron chi connectivity index (χ1n) is 10.4. The van der Waals surface area contributed by atoms with E-state index >= 15 is 0 Å². The number of aromatic nitrogens is 1. The number of halogens is 1. The summed E-state index contributed by atoms with van der Waals surface area (Å²) >= 11 is 6.02. The fourth-order valence-corrected chi connectivity index (χ4v) is 3.94. The Kier molecular flexibility index (Phi) is 6.67. The number of piperidine rings is 1. The molecule has 0 spiro atoms. The summed E-state index contributed by atoms with van der Waals surface area (Å²) in [5.74, 6) is 0.397. The molecule has 0 bridgehead atoms. The summed E-state index contributed by atoms with van der Waals surface area (Å²) in [5.41, 5.74) is 2.21. The number of nitrogens with zero attached hydrogens (tertiary/aromatic N) is 2. The molecule has 31 heavy (non-hydrogen) atoms. The first kappa shape index (κ1) is 21.1. The molecule has 1 aliphatic heterocycles. The lowest BCUT2D eigenvalue weighted by Crippen LogP contribution is -2.46. The predicted molar refractivity (Wildman–Crippen MR) is 119 cm³/mol. The highest BCUT2D eigenvalue weighted by atomic mass is 35.5. The van der Waals surface area contributed by atoms with Crippen molar-refractivity contribution in [2.75, 3.05) is 13.1 Å². The van der Waals surface area contributed by atoms with Crippen LogP contribution in [0.5, 0.6) is 0 Å². The maximum atomic E-state index is 12.8. The van der Waals surface area contributed by atoms with E-state index in [1.54, 1.807) is 23.1 Å². The predicted octanol–water partition coefficient (Wildman–Crippen LogP) is 4.35. The van der Waals surface area contributed by atoms with Crippen LogP contribution < -0.4 is 5.32 Å². The lowest BCUT2D eigenvalue weighted by molar-refractivity contribution is -0.122. The number of hydrogen-bond donors (Lipinski definition) is 1. The van der Waals surface area contributed by atoms with Crippen molar-refractivity contribution in [3.63, 3.8) is 0 Å². The highest BCUT2D eigenvalue weighted by molar-refractivity contribution is 6.30. The molecule has 6 nitrogen and oxygen atoms in total. The third-order valence-electron chi connectivity index (χ3n) is 5.47. The van der Waals surface area contributed by atoms with Gasteiger partial charge in [0.25, 0.3) is 5.91 Å². The van der Waals surface area contributed by atoms with Gasteiger partial charge < -0.3 is 14.7 Å². The molecule has 0 aliphatic carbocycles. The van der Waals surface area contributed by atoms with Gasteiger partial charge in [-0.25, -0.2) is 0 Å². The number of carbonyl (C=O) groups excluding carboxylic acids is 2. The highest BCUT2D eigenvalue weighted by Gasteiger charge is 2.26. The van der Waals surface area contributed by atoms with Crippen molar-refractivity contribution < 1.29 is 14.1 Å². The SMILES string of the molecule is O=C(CCc1ccccc1)NC1CCN(C(=O)c2cc(-c3cccc(Cl)c3)on2)CC1. The summed E-state index contributed by atoms with van der Waals surface area (Å²) < 4.78 is 5.34. The summed E-state index contributed by atoms with van der Waals surface area (Å²) in [6.45, 7) is 1.14. The van der Waals surface area contributed by atoms with E-state index in [1.807, 2.05) is 42.5 Å². The Labute approximate surface area is 186 Å². The summed E-state index contributed by atoms with van der Waals surface area (Å²) in [5, 5.41) is 7.63. The van der Waals surface area contributed by atoms with Crippen LogP contribution in [0.3, 0.4) is 0 Å². The molecule has 1 fully saturated rings. The number of carbonyl (C=O) groups is 2. The molecule has 1 saturated heterocycles. The molecule has 0 radical (unpaired) electrons. The average Bonchev–Trinajstić information content (AvgIpc) is 3.29. The van der Waals surface area contributed by atoms with Crippen LogP contribution in [-0.4, -0.2) is 41.0 Å². The average molecular weight is 438 g/mol. The Morgan fingerprint density at radius 3 is 2.58 bits per heavy atom. The molecular weight excluding hydrogens is 414 g/mol. The van der Waals surface area contributed by atoms with Crippen molar-refractivity contribution in [1.82, 2.24) is 15.4 Å². The third-order valence-corrected chi connectivity index (χ3v) is 5.70. The number of aryl methyl sites for hydroxylation is 1. The number of likely N-dealkylation sites (tertiary alicyclic amines) is 1. The van der Waals surface area contributed by atoms with Gasteiger partial charge in [-0.3, -0.25) is 9.59 Å². The second kappa shape index (κ2) is 9.79. The topological polar surface area (TPSA) is 75.4 Å². The van der Waals surface area contributed by atoms with Crippen LogP contribution in [0.4, 0.5) is 0 Å². The number of benzene rings is 2. The van der Waals surface area contributed by atoms with Gasteiger partial charge in [-0.1, -0.05) is 59.2 Å². The van der Waals surface area contributed by atoms with Crippen molar-refractivity contribution in [3.8, 4) is 11.3 Å². The molecule has 0 saturated carbocycles. The highest BCUT2D eigenvalue weighted by Crippen LogP contribution is 2.24. The van der Waals surface area contributed by atoms with Crippen LogP contribution in [0.1, 0.15) is 35.3 Å². The van der Waals surface area contributed by atoms with Crippen LogP contribution in [0.2, 0.25) is 5.02 Å². The van der Waals surface area contributed by atoms with Crippen molar-refractivity contribution in [3.05, 3.63) is 76.9 Å². The van der Waals surface area contributed by atoms with Gasteiger partial charge in [0, 0.05) is 42.2 Å². The zero-order chi connectivity index (χ0) is 21.6. The first-order valence-corrected chi connectivity index (χ1v) is 10.8. The quantitative estimate of drug-likeness (QED) is 0.622. The summed E-state index contributed by atoms with van der Waals surface area (Å²) in [6, 6.07) is 18.9.